The van der Waals surface area contributed by atoms with E-state index in [1.54, 1.807) is 0 Å². The Labute approximate surface area is 100 Å². The van der Waals surface area contributed by atoms with Crippen molar-refractivity contribution in [2.45, 2.75) is 12.8 Å². The number of carbonyl (C=O) groups is 1. The number of nitrogens with zero attached hydrogens (tertiary/aromatic N) is 1. The van der Waals surface area contributed by atoms with Crippen molar-refractivity contribution in [3.05, 3.63) is 30.3 Å². The Morgan fingerprint density at radius 3 is 2.76 bits per heavy atom. The summed E-state index contributed by atoms with van der Waals surface area (Å²) in [6, 6.07) is 11.3. The van der Waals surface area contributed by atoms with E-state index in [2.05, 4.69) is 0 Å². The van der Waals surface area contributed by atoms with Gasteiger partial charge in [-0.2, -0.15) is 5.26 Å². The van der Waals surface area contributed by atoms with Gasteiger partial charge in [0, 0.05) is 0 Å². The van der Waals surface area contributed by atoms with Crippen molar-refractivity contribution in [2.24, 2.45) is 11.8 Å². The Bertz CT molecular complexity index is 386. The van der Waals surface area contributed by atoms with E-state index in [9.17, 15) is 4.79 Å². The van der Waals surface area contributed by atoms with Gasteiger partial charge in [0.2, 0.25) is 0 Å². The number of hydrazine groups is 1. The van der Waals surface area contributed by atoms with E-state index in [-0.39, 0.29) is 0 Å². The first kappa shape index (κ1) is 13.0. The number of rotatable bonds is 6. The number of amides is 1. The molecule has 0 aliphatic heterocycles. The van der Waals surface area contributed by atoms with Crippen molar-refractivity contribution < 1.29 is 9.53 Å². The molecule has 0 radical (unpaired) electrons. The van der Waals surface area contributed by atoms with E-state index in [1.165, 1.54) is 0 Å². The third kappa shape index (κ3) is 4.53. The molecule has 1 aromatic rings. The second-order valence-electron chi connectivity index (χ2n) is 3.49. The minimum Gasteiger partial charge on any atom is -0.494 e. The molecule has 0 saturated carbocycles. The van der Waals surface area contributed by atoms with Crippen LogP contribution < -0.4 is 16.0 Å². The Kier molecular flexibility index (Phi) is 5.55. The number of ether oxygens (including phenoxy) is 1. The maximum absolute atomic E-state index is 11.1. The molecule has 0 spiro atoms. The van der Waals surface area contributed by atoms with Gasteiger partial charge in [-0.05, 0) is 25.0 Å². The molecule has 1 amide bonds. The largest absolute Gasteiger partial charge is 0.494 e. The average molecular weight is 233 g/mol. The van der Waals surface area contributed by atoms with Crippen molar-refractivity contribution >= 4 is 5.91 Å². The van der Waals surface area contributed by atoms with Crippen LogP contribution in [0.5, 0.6) is 5.75 Å². The third-order valence-corrected chi connectivity index (χ3v) is 2.26. The van der Waals surface area contributed by atoms with Gasteiger partial charge >= 0.3 is 0 Å². The molecule has 90 valence electrons. The fourth-order valence-corrected chi connectivity index (χ4v) is 1.35. The first-order valence-corrected chi connectivity index (χ1v) is 5.36. The van der Waals surface area contributed by atoms with E-state index in [0.717, 1.165) is 5.75 Å². The summed E-state index contributed by atoms with van der Waals surface area (Å²) in [6.07, 6.45) is 1.06. The van der Waals surface area contributed by atoms with Gasteiger partial charge in [-0.1, -0.05) is 18.2 Å². The van der Waals surface area contributed by atoms with Crippen molar-refractivity contribution in [3.8, 4) is 11.8 Å². The van der Waals surface area contributed by atoms with Crippen molar-refractivity contribution in [3.63, 3.8) is 0 Å². The Morgan fingerprint density at radius 2 is 2.18 bits per heavy atom. The van der Waals surface area contributed by atoms with Crippen LogP contribution in [-0.2, 0) is 4.79 Å². The predicted octanol–water partition coefficient (Wildman–Crippen LogP) is 0.975. The van der Waals surface area contributed by atoms with E-state index >= 15 is 0 Å². The van der Waals surface area contributed by atoms with E-state index < -0.39 is 11.8 Å². The van der Waals surface area contributed by atoms with Crippen LogP contribution in [0.4, 0.5) is 0 Å². The number of hydrogen-bond acceptors (Lipinski definition) is 4. The van der Waals surface area contributed by atoms with Gasteiger partial charge in [-0.15, -0.1) is 0 Å². The predicted molar refractivity (Wildman–Crippen MR) is 62.6 cm³/mol. The van der Waals surface area contributed by atoms with Gasteiger partial charge in [0.25, 0.3) is 5.91 Å². The Balaban J connectivity index is 2.24. The summed E-state index contributed by atoms with van der Waals surface area (Å²) in [5.74, 6) is 4.58. The van der Waals surface area contributed by atoms with Crippen molar-refractivity contribution in [1.82, 2.24) is 5.43 Å². The summed E-state index contributed by atoms with van der Waals surface area (Å²) in [5, 5.41) is 8.74. The zero-order valence-corrected chi connectivity index (χ0v) is 9.43. The molecule has 1 rings (SSSR count). The monoisotopic (exact) mass is 233 g/mol. The summed E-state index contributed by atoms with van der Waals surface area (Å²) in [6.45, 7) is 0.472. The first-order chi connectivity index (χ1) is 8.27. The molecule has 0 aromatic heterocycles. The number of carbonyl (C=O) groups excluding carboxylic acids is 1. The highest BCUT2D eigenvalue weighted by Crippen LogP contribution is 2.10. The van der Waals surface area contributed by atoms with Gasteiger partial charge in [-0.25, -0.2) is 5.84 Å². The standard InChI is InChI=1S/C12H15N3O2/c13-9-10(12(16)15-14)5-4-8-17-11-6-2-1-3-7-11/h1-3,6-7,10H,4-5,8,14H2,(H,15,16). The Hall–Kier alpha value is -2.06. The summed E-state index contributed by atoms with van der Waals surface area (Å²) >= 11 is 0. The summed E-state index contributed by atoms with van der Waals surface area (Å²) in [7, 11) is 0. The zero-order valence-electron chi connectivity index (χ0n) is 9.43. The molecule has 5 nitrogen and oxygen atoms in total. The highest BCUT2D eigenvalue weighted by Gasteiger charge is 2.15. The fraction of sp³-hybridized carbons (Fsp3) is 0.333. The number of para-hydroxylation sites is 1. The normalized spacial score (nSPS) is 11.3. The lowest BCUT2D eigenvalue weighted by Crippen LogP contribution is -2.35. The third-order valence-electron chi connectivity index (χ3n) is 2.26. The maximum Gasteiger partial charge on any atom is 0.251 e. The first-order valence-electron chi connectivity index (χ1n) is 5.36. The van der Waals surface area contributed by atoms with E-state index in [4.69, 9.17) is 15.8 Å². The highest BCUT2D eigenvalue weighted by molar-refractivity contribution is 5.80. The maximum atomic E-state index is 11.1. The molecule has 0 heterocycles. The summed E-state index contributed by atoms with van der Waals surface area (Å²) < 4.78 is 5.44. The topological polar surface area (TPSA) is 88.1 Å². The molecule has 0 aliphatic carbocycles. The average Bonchev–Trinajstić information content (AvgIpc) is 2.39. The Morgan fingerprint density at radius 1 is 1.47 bits per heavy atom. The van der Waals surface area contributed by atoms with Gasteiger partial charge in [0.05, 0.1) is 12.7 Å². The van der Waals surface area contributed by atoms with Crippen LogP contribution in [0, 0.1) is 17.2 Å². The van der Waals surface area contributed by atoms with Crippen LogP contribution in [-0.4, -0.2) is 12.5 Å². The molecule has 1 unspecified atom stereocenters. The summed E-state index contributed by atoms with van der Waals surface area (Å²) in [5.41, 5.74) is 1.97. The molecule has 0 saturated heterocycles. The molecule has 3 N–H and O–H groups in total. The smallest absolute Gasteiger partial charge is 0.251 e. The molecule has 5 heteroatoms. The van der Waals surface area contributed by atoms with Crippen LogP contribution in [0.15, 0.2) is 30.3 Å². The molecule has 1 aromatic carbocycles. The number of nitriles is 1. The molecule has 17 heavy (non-hydrogen) atoms. The highest BCUT2D eigenvalue weighted by atomic mass is 16.5. The SMILES string of the molecule is N#CC(CCCOc1ccccc1)C(=O)NN. The number of hydrogen-bond donors (Lipinski definition) is 2. The molecular formula is C12H15N3O2. The van der Waals surface area contributed by atoms with Crippen LogP contribution >= 0.6 is 0 Å². The minimum atomic E-state index is -0.709. The molecule has 0 bridgehead atoms. The lowest BCUT2D eigenvalue weighted by Gasteiger charge is -2.08. The molecule has 1 atom stereocenters. The lowest BCUT2D eigenvalue weighted by molar-refractivity contribution is -0.123. The van der Waals surface area contributed by atoms with Crippen LogP contribution in [0.25, 0.3) is 0 Å². The number of benzene rings is 1. The lowest BCUT2D eigenvalue weighted by atomic mass is 10.1. The van der Waals surface area contributed by atoms with Crippen LogP contribution in [0.1, 0.15) is 12.8 Å². The quantitative estimate of drug-likeness (QED) is 0.332. The minimum absolute atomic E-state index is 0.437. The molecular weight excluding hydrogens is 218 g/mol. The van der Waals surface area contributed by atoms with E-state index in [1.807, 2.05) is 41.8 Å². The fourth-order valence-electron chi connectivity index (χ4n) is 1.35. The second-order valence-corrected chi connectivity index (χ2v) is 3.49. The van der Waals surface area contributed by atoms with E-state index in [0.29, 0.717) is 19.4 Å². The molecule has 0 fully saturated rings. The van der Waals surface area contributed by atoms with Crippen molar-refractivity contribution in [2.75, 3.05) is 6.61 Å². The van der Waals surface area contributed by atoms with Gasteiger partial charge in [-0.3, -0.25) is 10.2 Å². The van der Waals surface area contributed by atoms with Gasteiger partial charge in [0.15, 0.2) is 0 Å². The molecule has 0 aliphatic rings. The second kappa shape index (κ2) is 7.25. The van der Waals surface area contributed by atoms with Crippen LogP contribution in [0.2, 0.25) is 0 Å². The number of nitrogens with two attached hydrogens (primary N) is 1. The summed E-state index contributed by atoms with van der Waals surface area (Å²) in [4.78, 5) is 11.1. The van der Waals surface area contributed by atoms with Gasteiger partial charge in [0.1, 0.15) is 11.7 Å². The van der Waals surface area contributed by atoms with Crippen LogP contribution in [0.3, 0.4) is 0 Å². The number of nitrogens with one attached hydrogen (secondary N) is 1. The zero-order chi connectivity index (χ0) is 12.5. The van der Waals surface area contributed by atoms with Gasteiger partial charge < -0.3 is 4.74 Å². The van der Waals surface area contributed by atoms with Crippen molar-refractivity contribution in [1.29, 1.82) is 5.26 Å².